The zero-order valence-electron chi connectivity index (χ0n) is 10.6. The Labute approximate surface area is 109 Å². The van der Waals surface area contributed by atoms with E-state index in [9.17, 15) is 8.42 Å². The molecule has 0 heterocycles. The van der Waals surface area contributed by atoms with Gasteiger partial charge < -0.3 is 9.84 Å². The van der Waals surface area contributed by atoms with Crippen molar-refractivity contribution >= 4 is 9.84 Å². The first-order valence-electron chi connectivity index (χ1n) is 6.10. The Hall–Kier alpha value is -1.07. The average Bonchev–Trinajstić information content (AvgIpc) is 2.37. The Bertz CT molecular complexity index is 437. The highest BCUT2D eigenvalue weighted by atomic mass is 32.2. The molecule has 0 unspecified atom stereocenters. The minimum Gasteiger partial charge on any atom is -0.494 e. The van der Waals surface area contributed by atoms with E-state index in [-0.39, 0.29) is 18.1 Å². The van der Waals surface area contributed by atoms with Crippen LogP contribution < -0.4 is 4.74 Å². The van der Waals surface area contributed by atoms with E-state index in [2.05, 4.69) is 0 Å². The fourth-order valence-electron chi connectivity index (χ4n) is 1.49. The van der Waals surface area contributed by atoms with Gasteiger partial charge in [-0.2, -0.15) is 0 Å². The van der Waals surface area contributed by atoms with Crippen LogP contribution in [0.25, 0.3) is 0 Å². The number of benzene rings is 1. The number of ether oxygens (including phenoxy) is 1. The van der Waals surface area contributed by atoms with Gasteiger partial charge in [-0.25, -0.2) is 8.42 Å². The number of rotatable bonds is 8. The van der Waals surface area contributed by atoms with Gasteiger partial charge >= 0.3 is 0 Å². The van der Waals surface area contributed by atoms with Crippen LogP contribution in [-0.4, -0.2) is 38.2 Å². The summed E-state index contributed by atoms with van der Waals surface area (Å²) in [6, 6.07) is 7.46. The molecule has 0 saturated heterocycles. The van der Waals surface area contributed by atoms with E-state index < -0.39 is 9.84 Å². The van der Waals surface area contributed by atoms with Crippen molar-refractivity contribution in [1.29, 1.82) is 0 Å². The molecule has 4 nitrogen and oxygen atoms in total. The van der Waals surface area contributed by atoms with Crippen LogP contribution in [0.5, 0.6) is 5.75 Å². The minimum atomic E-state index is -2.90. The monoisotopic (exact) mass is 272 g/mol. The third-order valence-corrected chi connectivity index (χ3v) is 4.42. The molecule has 0 saturated carbocycles. The molecule has 0 bridgehead atoms. The summed E-state index contributed by atoms with van der Waals surface area (Å²) in [7, 11) is -2.90. The van der Waals surface area contributed by atoms with Crippen molar-refractivity contribution in [3.05, 3.63) is 29.8 Å². The van der Waals surface area contributed by atoms with Crippen molar-refractivity contribution in [2.45, 2.75) is 19.8 Å². The molecule has 0 aliphatic heterocycles. The molecule has 1 aromatic carbocycles. The molecule has 102 valence electrons. The highest BCUT2D eigenvalue weighted by molar-refractivity contribution is 7.91. The molecule has 0 atom stereocenters. The van der Waals surface area contributed by atoms with Gasteiger partial charge in [0.1, 0.15) is 15.6 Å². The minimum absolute atomic E-state index is 0.134. The molecule has 0 amide bonds. The third-order valence-electron chi connectivity index (χ3n) is 2.63. The Morgan fingerprint density at radius 3 is 2.44 bits per heavy atom. The second-order valence-electron chi connectivity index (χ2n) is 4.06. The zero-order chi connectivity index (χ0) is 13.4. The first kappa shape index (κ1) is 15.0. The van der Waals surface area contributed by atoms with E-state index in [4.69, 9.17) is 9.84 Å². The predicted molar refractivity (Wildman–Crippen MR) is 71.7 cm³/mol. The number of hydrogen-bond donors (Lipinski definition) is 1. The maximum Gasteiger partial charge on any atom is 0.150 e. The summed E-state index contributed by atoms with van der Waals surface area (Å²) in [5.41, 5.74) is 1.05. The molecule has 0 aromatic heterocycles. The predicted octanol–water partition coefficient (Wildman–Crippen LogP) is 1.43. The maximum absolute atomic E-state index is 11.2. The maximum atomic E-state index is 11.2. The van der Waals surface area contributed by atoms with Crippen molar-refractivity contribution < 1.29 is 18.3 Å². The third kappa shape index (κ3) is 5.51. The number of aliphatic hydroxyl groups is 1. The van der Waals surface area contributed by atoms with Gasteiger partial charge in [-0.1, -0.05) is 19.1 Å². The SMILES string of the molecule is CCS(=O)(=O)CCCOc1ccc(CCO)cc1. The molecule has 0 aliphatic carbocycles. The van der Waals surface area contributed by atoms with Crippen LogP contribution >= 0.6 is 0 Å². The topological polar surface area (TPSA) is 63.6 Å². The molecule has 0 radical (unpaired) electrons. The number of hydrogen-bond acceptors (Lipinski definition) is 4. The van der Waals surface area contributed by atoms with Gasteiger partial charge in [0, 0.05) is 12.4 Å². The largest absolute Gasteiger partial charge is 0.494 e. The molecule has 1 aromatic rings. The molecule has 0 spiro atoms. The lowest BCUT2D eigenvalue weighted by Crippen LogP contribution is -2.11. The second kappa shape index (κ2) is 7.38. The zero-order valence-corrected chi connectivity index (χ0v) is 11.4. The quantitative estimate of drug-likeness (QED) is 0.727. The smallest absolute Gasteiger partial charge is 0.150 e. The fourth-order valence-corrected chi connectivity index (χ4v) is 2.34. The normalized spacial score (nSPS) is 11.4. The van der Waals surface area contributed by atoms with Crippen LogP contribution in [0.3, 0.4) is 0 Å². The van der Waals surface area contributed by atoms with E-state index in [0.29, 0.717) is 19.4 Å². The Balaban J connectivity index is 2.31. The molecule has 5 heteroatoms. The van der Waals surface area contributed by atoms with Crippen molar-refractivity contribution in [3.63, 3.8) is 0 Å². The highest BCUT2D eigenvalue weighted by Gasteiger charge is 2.06. The summed E-state index contributed by atoms with van der Waals surface area (Å²) in [6.45, 7) is 2.18. The molecule has 0 fully saturated rings. The first-order chi connectivity index (χ1) is 8.57. The highest BCUT2D eigenvalue weighted by Crippen LogP contribution is 2.12. The van der Waals surface area contributed by atoms with Gasteiger partial charge in [0.05, 0.1) is 12.4 Å². The fraction of sp³-hybridized carbons (Fsp3) is 0.538. The van der Waals surface area contributed by atoms with Crippen molar-refractivity contribution in [1.82, 2.24) is 0 Å². The number of sulfone groups is 1. The summed E-state index contributed by atoms with van der Waals surface area (Å²) in [5, 5.41) is 8.77. The van der Waals surface area contributed by atoms with E-state index in [0.717, 1.165) is 11.3 Å². The standard InChI is InChI=1S/C13H20O4S/c1-2-18(15,16)11-3-10-17-13-6-4-12(5-7-13)8-9-14/h4-7,14H,2-3,8-11H2,1H3. The second-order valence-corrected chi connectivity index (χ2v) is 6.53. The average molecular weight is 272 g/mol. The lowest BCUT2D eigenvalue weighted by atomic mass is 10.1. The molecular formula is C13H20O4S. The molecular weight excluding hydrogens is 252 g/mol. The van der Waals surface area contributed by atoms with Gasteiger partial charge in [0.15, 0.2) is 0 Å². The molecule has 0 aliphatic rings. The van der Waals surface area contributed by atoms with Crippen molar-refractivity contribution in [2.75, 3.05) is 24.7 Å². The van der Waals surface area contributed by atoms with Gasteiger partial charge in [-0.3, -0.25) is 0 Å². The summed E-state index contributed by atoms with van der Waals surface area (Å²) < 4.78 is 27.9. The van der Waals surface area contributed by atoms with Crippen LogP contribution in [0.4, 0.5) is 0 Å². The van der Waals surface area contributed by atoms with E-state index in [1.54, 1.807) is 6.92 Å². The van der Waals surface area contributed by atoms with Crippen LogP contribution in [-0.2, 0) is 16.3 Å². The Morgan fingerprint density at radius 1 is 1.22 bits per heavy atom. The first-order valence-corrected chi connectivity index (χ1v) is 7.92. The van der Waals surface area contributed by atoms with Gasteiger partial charge in [-0.05, 0) is 30.5 Å². The van der Waals surface area contributed by atoms with Crippen LogP contribution in [0, 0.1) is 0 Å². The summed E-state index contributed by atoms with van der Waals surface area (Å²) in [5.74, 6) is 1.08. The Morgan fingerprint density at radius 2 is 1.89 bits per heavy atom. The Kier molecular flexibility index (Phi) is 6.15. The van der Waals surface area contributed by atoms with Crippen molar-refractivity contribution in [3.8, 4) is 5.75 Å². The van der Waals surface area contributed by atoms with E-state index in [1.165, 1.54) is 0 Å². The molecule has 1 rings (SSSR count). The van der Waals surface area contributed by atoms with Gasteiger partial charge in [0.2, 0.25) is 0 Å². The molecule has 1 N–H and O–H groups in total. The van der Waals surface area contributed by atoms with Crippen LogP contribution in [0.1, 0.15) is 18.9 Å². The van der Waals surface area contributed by atoms with Crippen LogP contribution in [0.2, 0.25) is 0 Å². The number of aliphatic hydroxyl groups excluding tert-OH is 1. The lowest BCUT2D eigenvalue weighted by molar-refractivity contribution is 0.299. The molecule has 18 heavy (non-hydrogen) atoms. The summed E-state index contributed by atoms with van der Waals surface area (Å²) in [6.07, 6.45) is 1.14. The van der Waals surface area contributed by atoms with E-state index >= 15 is 0 Å². The summed E-state index contributed by atoms with van der Waals surface area (Å²) in [4.78, 5) is 0. The summed E-state index contributed by atoms with van der Waals surface area (Å²) >= 11 is 0. The lowest BCUT2D eigenvalue weighted by Gasteiger charge is -2.07. The van der Waals surface area contributed by atoms with Crippen LogP contribution in [0.15, 0.2) is 24.3 Å². The van der Waals surface area contributed by atoms with Gasteiger partial charge in [-0.15, -0.1) is 0 Å². The van der Waals surface area contributed by atoms with E-state index in [1.807, 2.05) is 24.3 Å². The van der Waals surface area contributed by atoms with Crippen molar-refractivity contribution in [2.24, 2.45) is 0 Å². The van der Waals surface area contributed by atoms with Gasteiger partial charge in [0.25, 0.3) is 0 Å².